The summed E-state index contributed by atoms with van der Waals surface area (Å²) in [6.07, 6.45) is 1.87. The van der Waals surface area contributed by atoms with Crippen LogP contribution in [-0.2, 0) is 9.53 Å². The first-order valence-corrected chi connectivity index (χ1v) is 9.92. The number of ether oxygens (including phenoxy) is 3. The Morgan fingerprint density at radius 1 is 1.03 bits per heavy atom. The maximum atomic E-state index is 12.2. The van der Waals surface area contributed by atoms with Crippen LogP contribution < -0.4 is 20.1 Å². The van der Waals surface area contributed by atoms with Crippen molar-refractivity contribution in [1.29, 1.82) is 0 Å². The highest BCUT2D eigenvalue weighted by Gasteiger charge is 2.09. The molecule has 0 saturated heterocycles. The van der Waals surface area contributed by atoms with E-state index >= 15 is 0 Å². The number of carbonyl (C=O) groups is 2. The molecule has 0 aliphatic heterocycles. The number of nitrogens with one attached hydrogen (secondary N) is 2. The van der Waals surface area contributed by atoms with Crippen LogP contribution in [0.25, 0.3) is 0 Å². The molecule has 1 aromatic heterocycles. The van der Waals surface area contributed by atoms with Gasteiger partial charge >= 0.3 is 0 Å². The first-order chi connectivity index (χ1) is 14.9. The highest BCUT2D eigenvalue weighted by atomic mass is 16.5. The number of hydrogen-bond acceptors (Lipinski definition) is 6. The van der Waals surface area contributed by atoms with Crippen molar-refractivity contribution in [3.63, 3.8) is 0 Å². The number of hydrogen-bond donors (Lipinski definition) is 2. The molecule has 0 atom stereocenters. The second kappa shape index (κ2) is 12.3. The summed E-state index contributed by atoms with van der Waals surface area (Å²) < 4.78 is 15.8. The lowest BCUT2D eigenvalue weighted by molar-refractivity contribution is -0.122. The Bertz CT molecular complexity index is 897. The van der Waals surface area contributed by atoms with Gasteiger partial charge in [-0.25, -0.2) is 4.98 Å². The third kappa shape index (κ3) is 8.47. The summed E-state index contributed by atoms with van der Waals surface area (Å²) in [7, 11) is 1.59. The van der Waals surface area contributed by atoms with Crippen LogP contribution in [0.2, 0.25) is 0 Å². The molecule has 8 heteroatoms. The first kappa shape index (κ1) is 23.9. The summed E-state index contributed by atoms with van der Waals surface area (Å²) in [6.45, 7) is 8.89. The predicted molar refractivity (Wildman–Crippen MR) is 117 cm³/mol. The van der Waals surface area contributed by atoms with Crippen molar-refractivity contribution in [2.45, 2.75) is 20.3 Å². The molecule has 1 aromatic carbocycles. The van der Waals surface area contributed by atoms with Gasteiger partial charge in [0.1, 0.15) is 23.8 Å². The highest BCUT2D eigenvalue weighted by Crippen LogP contribution is 2.16. The summed E-state index contributed by atoms with van der Waals surface area (Å²) >= 11 is 0. The molecule has 0 aliphatic rings. The van der Waals surface area contributed by atoms with E-state index in [0.717, 1.165) is 11.1 Å². The van der Waals surface area contributed by atoms with Crippen LogP contribution in [-0.4, -0.2) is 50.3 Å². The van der Waals surface area contributed by atoms with E-state index in [1.165, 1.54) is 6.20 Å². The van der Waals surface area contributed by atoms with Gasteiger partial charge in [0.05, 0.1) is 12.8 Å². The van der Waals surface area contributed by atoms with Crippen LogP contribution in [0.3, 0.4) is 0 Å². The van der Waals surface area contributed by atoms with Gasteiger partial charge in [0.25, 0.3) is 11.8 Å². The molecule has 0 aliphatic carbocycles. The number of aromatic nitrogens is 1. The second-order valence-electron chi connectivity index (χ2n) is 6.91. The summed E-state index contributed by atoms with van der Waals surface area (Å²) in [5.74, 6) is 0.576. The molecule has 1 heterocycles. The lowest BCUT2D eigenvalue weighted by Crippen LogP contribution is -2.31. The molecule has 0 fully saturated rings. The Hall–Kier alpha value is -3.39. The van der Waals surface area contributed by atoms with Crippen LogP contribution in [0.1, 0.15) is 28.0 Å². The SMILES string of the molecule is C=C(CCNC(=O)c1ccc(OCCOC)cn1)NC(=O)COc1ccc(C)c(C)c1. The summed E-state index contributed by atoms with van der Waals surface area (Å²) in [4.78, 5) is 28.3. The number of benzene rings is 1. The largest absolute Gasteiger partial charge is 0.490 e. The van der Waals surface area contributed by atoms with E-state index in [-0.39, 0.29) is 24.1 Å². The number of aryl methyl sites for hydroxylation is 2. The normalized spacial score (nSPS) is 10.3. The Labute approximate surface area is 182 Å². The molecule has 2 aromatic rings. The molecular weight excluding hydrogens is 398 g/mol. The molecule has 0 radical (unpaired) electrons. The van der Waals surface area contributed by atoms with Gasteiger partial charge < -0.3 is 24.8 Å². The lowest BCUT2D eigenvalue weighted by atomic mass is 10.1. The van der Waals surface area contributed by atoms with Crippen molar-refractivity contribution in [1.82, 2.24) is 15.6 Å². The van der Waals surface area contributed by atoms with Crippen molar-refractivity contribution in [2.75, 3.05) is 33.5 Å². The molecule has 0 spiro atoms. The number of nitrogens with zero attached hydrogens (tertiary/aromatic N) is 1. The third-order valence-corrected chi connectivity index (χ3v) is 4.40. The molecule has 166 valence electrons. The van der Waals surface area contributed by atoms with E-state index in [9.17, 15) is 9.59 Å². The number of amides is 2. The first-order valence-electron chi connectivity index (χ1n) is 9.92. The maximum absolute atomic E-state index is 12.2. The van der Waals surface area contributed by atoms with Crippen molar-refractivity contribution in [2.24, 2.45) is 0 Å². The van der Waals surface area contributed by atoms with E-state index < -0.39 is 0 Å². The fourth-order valence-corrected chi connectivity index (χ4v) is 2.51. The smallest absolute Gasteiger partial charge is 0.269 e. The molecule has 0 unspecified atom stereocenters. The van der Waals surface area contributed by atoms with Crippen molar-refractivity contribution < 1.29 is 23.8 Å². The van der Waals surface area contributed by atoms with Gasteiger partial charge in [0.15, 0.2) is 6.61 Å². The number of carbonyl (C=O) groups excluding carboxylic acids is 2. The topological polar surface area (TPSA) is 98.8 Å². The fraction of sp³-hybridized carbons (Fsp3) is 0.348. The quantitative estimate of drug-likeness (QED) is 0.505. The Balaban J connectivity index is 1.66. The lowest BCUT2D eigenvalue weighted by Gasteiger charge is -2.11. The minimum atomic E-state index is -0.319. The van der Waals surface area contributed by atoms with Gasteiger partial charge in [-0.05, 0) is 49.2 Å². The average molecular weight is 428 g/mol. The Morgan fingerprint density at radius 2 is 1.81 bits per heavy atom. The van der Waals surface area contributed by atoms with Gasteiger partial charge in [-0.2, -0.15) is 0 Å². The number of rotatable bonds is 12. The molecule has 2 amide bonds. The van der Waals surface area contributed by atoms with Gasteiger partial charge in [0.2, 0.25) is 0 Å². The van der Waals surface area contributed by atoms with Gasteiger partial charge in [-0.1, -0.05) is 12.6 Å². The van der Waals surface area contributed by atoms with E-state index in [0.29, 0.717) is 43.4 Å². The number of pyridine rings is 1. The summed E-state index contributed by atoms with van der Waals surface area (Å²) in [6, 6.07) is 8.91. The zero-order chi connectivity index (χ0) is 22.6. The average Bonchev–Trinajstić information content (AvgIpc) is 2.75. The van der Waals surface area contributed by atoms with Crippen LogP contribution in [0.15, 0.2) is 48.8 Å². The molecule has 2 N–H and O–H groups in total. The predicted octanol–water partition coefficient (Wildman–Crippen LogP) is 2.55. The zero-order valence-electron chi connectivity index (χ0n) is 18.2. The third-order valence-electron chi connectivity index (χ3n) is 4.40. The van der Waals surface area contributed by atoms with Crippen molar-refractivity contribution in [3.8, 4) is 11.5 Å². The highest BCUT2D eigenvalue weighted by molar-refractivity contribution is 5.92. The second-order valence-corrected chi connectivity index (χ2v) is 6.91. The standard InChI is InChI=1S/C23H29N3O5/c1-16-5-6-19(13-17(16)2)31-15-22(27)26-18(3)9-10-24-23(28)21-8-7-20(14-25-21)30-12-11-29-4/h5-8,13-14H,3,9-12,15H2,1-2,4H3,(H,24,28)(H,26,27). The molecule has 0 bridgehead atoms. The van der Waals surface area contributed by atoms with E-state index in [2.05, 4.69) is 22.2 Å². The minimum absolute atomic E-state index is 0.114. The van der Waals surface area contributed by atoms with Crippen molar-refractivity contribution in [3.05, 3.63) is 65.6 Å². The van der Waals surface area contributed by atoms with Crippen LogP contribution >= 0.6 is 0 Å². The molecular formula is C23H29N3O5. The van der Waals surface area contributed by atoms with Gasteiger partial charge in [-0.15, -0.1) is 0 Å². The van der Waals surface area contributed by atoms with E-state index in [1.807, 2.05) is 32.0 Å². The van der Waals surface area contributed by atoms with Crippen LogP contribution in [0.5, 0.6) is 11.5 Å². The van der Waals surface area contributed by atoms with Crippen molar-refractivity contribution >= 4 is 11.8 Å². The molecule has 8 nitrogen and oxygen atoms in total. The van der Waals surface area contributed by atoms with Crippen LogP contribution in [0.4, 0.5) is 0 Å². The van der Waals surface area contributed by atoms with Gasteiger partial charge in [0, 0.05) is 25.8 Å². The number of methoxy groups -OCH3 is 1. The summed E-state index contributed by atoms with van der Waals surface area (Å²) in [5.41, 5.74) is 3.02. The minimum Gasteiger partial charge on any atom is -0.490 e. The van der Waals surface area contributed by atoms with Crippen LogP contribution in [0, 0.1) is 13.8 Å². The van der Waals surface area contributed by atoms with E-state index in [4.69, 9.17) is 14.2 Å². The summed E-state index contributed by atoms with van der Waals surface area (Å²) in [5, 5.41) is 5.41. The molecule has 31 heavy (non-hydrogen) atoms. The van der Waals surface area contributed by atoms with Gasteiger partial charge in [-0.3, -0.25) is 9.59 Å². The zero-order valence-corrected chi connectivity index (χ0v) is 18.2. The fourth-order valence-electron chi connectivity index (χ4n) is 2.51. The molecule has 0 saturated carbocycles. The van der Waals surface area contributed by atoms with E-state index in [1.54, 1.807) is 19.2 Å². The monoisotopic (exact) mass is 427 g/mol. The Kier molecular flexibility index (Phi) is 9.51. The maximum Gasteiger partial charge on any atom is 0.269 e. The molecule has 2 rings (SSSR count). The Morgan fingerprint density at radius 3 is 2.48 bits per heavy atom.